The lowest BCUT2D eigenvalue weighted by Gasteiger charge is -2.35. The number of carbonyl (C=O) groups excluding carboxylic acids is 1. The molecule has 0 spiro atoms. The van der Waals surface area contributed by atoms with Crippen LogP contribution in [-0.2, 0) is 11.3 Å². The first-order valence-corrected chi connectivity index (χ1v) is 9.44. The first-order valence-electron chi connectivity index (χ1n) is 8.56. The van der Waals surface area contributed by atoms with Crippen LogP contribution in [0.1, 0.15) is 30.6 Å². The highest BCUT2D eigenvalue weighted by atomic mass is 32.1. The Morgan fingerprint density at radius 1 is 0.955 bits per heavy atom. The average Bonchev–Trinajstić information content (AvgIpc) is 2.88. The fraction of sp³-hybridized carbons (Fsp3) is 0.706. The van der Waals surface area contributed by atoms with Gasteiger partial charge in [0.05, 0.1) is 6.54 Å². The molecule has 0 radical (unpaired) electrons. The molecule has 4 nitrogen and oxygen atoms in total. The van der Waals surface area contributed by atoms with Crippen LogP contribution in [0.4, 0.5) is 0 Å². The van der Waals surface area contributed by atoms with Crippen molar-refractivity contribution in [2.75, 3.05) is 45.8 Å². The van der Waals surface area contributed by atoms with Crippen molar-refractivity contribution in [2.45, 2.75) is 32.2 Å². The molecule has 0 saturated carbocycles. The van der Waals surface area contributed by atoms with Gasteiger partial charge in [0.1, 0.15) is 0 Å². The van der Waals surface area contributed by atoms with Crippen LogP contribution < -0.4 is 0 Å². The van der Waals surface area contributed by atoms with E-state index in [0.29, 0.717) is 12.5 Å². The first kappa shape index (κ1) is 16.0. The van der Waals surface area contributed by atoms with Gasteiger partial charge in [-0.15, -0.1) is 11.3 Å². The molecule has 2 fully saturated rings. The normalized spacial score (nSPS) is 21.7. The molecule has 1 amide bonds. The third kappa shape index (κ3) is 4.54. The fourth-order valence-electron chi connectivity index (χ4n) is 3.34. The SMILES string of the molecule is O=C(CN1CCN(Cc2cccs2)CC1)N1CCCCCC1. The van der Waals surface area contributed by atoms with Crippen molar-refractivity contribution >= 4 is 17.2 Å². The molecule has 1 aromatic rings. The van der Waals surface area contributed by atoms with Crippen LogP contribution in [-0.4, -0.2) is 66.4 Å². The highest BCUT2D eigenvalue weighted by Gasteiger charge is 2.22. The second-order valence-corrected chi connectivity index (χ2v) is 7.46. The monoisotopic (exact) mass is 321 g/mol. The largest absolute Gasteiger partial charge is 0.342 e. The Kier molecular flexibility index (Phi) is 5.87. The molecule has 0 atom stereocenters. The molecule has 3 rings (SSSR count). The summed E-state index contributed by atoms with van der Waals surface area (Å²) in [4.78, 5) is 20.8. The van der Waals surface area contributed by atoms with Crippen LogP contribution in [0.25, 0.3) is 0 Å². The molecule has 22 heavy (non-hydrogen) atoms. The third-order valence-corrected chi connectivity index (χ3v) is 5.60. The van der Waals surface area contributed by atoms with E-state index in [-0.39, 0.29) is 0 Å². The van der Waals surface area contributed by atoms with Gasteiger partial charge in [-0.05, 0) is 24.3 Å². The van der Waals surface area contributed by atoms with Gasteiger partial charge in [0.15, 0.2) is 0 Å². The molecule has 0 bridgehead atoms. The number of nitrogens with zero attached hydrogens (tertiary/aromatic N) is 3. The van der Waals surface area contributed by atoms with Crippen molar-refractivity contribution in [1.82, 2.24) is 14.7 Å². The van der Waals surface area contributed by atoms with E-state index in [4.69, 9.17) is 0 Å². The Hall–Kier alpha value is -0.910. The molecule has 0 aliphatic carbocycles. The topological polar surface area (TPSA) is 26.8 Å². The van der Waals surface area contributed by atoms with Crippen LogP contribution in [0.3, 0.4) is 0 Å². The predicted octanol–water partition coefficient (Wildman–Crippen LogP) is 2.27. The minimum absolute atomic E-state index is 0.341. The van der Waals surface area contributed by atoms with E-state index in [1.54, 1.807) is 0 Å². The summed E-state index contributed by atoms with van der Waals surface area (Å²) in [6.45, 7) is 7.80. The molecule has 0 N–H and O–H groups in total. The number of likely N-dealkylation sites (tertiary alicyclic amines) is 1. The summed E-state index contributed by atoms with van der Waals surface area (Å²) < 4.78 is 0. The van der Waals surface area contributed by atoms with Crippen molar-refractivity contribution in [1.29, 1.82) is 0 Å². The number of rotatable bonds is 4. The second-order valence-electron chi connectivity index (χ2n) is 6.43. The molecule has 122 valence electrons. The number of piperazine rings is 1. The maximum Gasteiger partial charge on any atom is 0.236 e. The molecule has 2 aliphatic heterocycles. The van der Waals surface area contributed by atoms with Gasteiger partial charge in [0.2, 0.25) is 5.91 Å². The summed E-state index contributed by atoms with van der Waals surface area (Å²) in [6.07, 6.45) is 4.93. The molecule has 5 heteroatoms. The quantitative estimate of drug-likeness (QED) is 0.851. The standard InChI is InChI=1S/C17H27N3OS/c21-17(20-7-3-1-2-4-8-20)15-19-11-9-18(10-12-19)14-16-6-5-13-22-16/h5-6,13H,1-4,7-12,14-15H2. The van der Waals surface area contributed by atoms with Crippen molar-refractivity contribution in [3.8, 4) is 0 Å². The van der Waals surface area contributed by atoms with Gasteiger partial charge in [-0.25, -0.2) is 0 Å². The van der Waals surface area contributed by atoms with E-state index in [9.17, 15) is 4.79 Å². The Labute approximate surface area is 137 Å². The lowest BCUT2D eigenvalue weighted by Crippen LogP contribution is -2.49. The summed E-state index contributed by atoms with van der Waals surface area (Å²) in [7, 11) is 0. The third-order valence-electron chi connectivity index (χ3n) is 4.74. The molecule has 1 aromatic heterocycles. The highest BCUT2D eigenvalue weighted by Crippen LogP contribution is 2.14. The summed E-state index contributed by atoms with van der Waals surface area (Å²) in [6, 6.07) is 4.33. The Balaban J connectivity index is 1.40. The molecule has 2 saturated heterocycles. The molecule has 0 aromatic carbocycles. The number of thiophene rings is 1. The Morgan fingerprint density at radius 2 is 1.64 bits per heavy atom. The minimum atomic E-state index is 0.341. The van der Waals surface area contributed by atoms with Crippen molar-refractivity contribution in [3.05, 3.63) is 22.4 Å². The Bertz CT molecular complexity index is 446. The molecule has 2 aliphatic rings. The van der Waals surface area contributed by atoms with Crippen LogP contribution in [0.2, 0.25) is 0 Å². The van der Waals surface area contributed by atoms with Crippen LogP contribution >= 0.6 is 11.3 Å². The highest BCUT2D eigenvalue weighted by molar-refractivity contribution is 7.09. The summed E-state index contributed by atoms with van der Waals surface area (Å²) in [5, 5.41) is 2.14. The van der Waals surface area contributed by atoms with Gasteiger partial charge in [-0.3, -0.25) is 14.6 Å². The van der Waals surface area contributed by atoms with E-state index in [1.165, 1.54) is 30.6 Å². The van der Waals surface area contributed by atoms with Gasteiger partial charge in [0, 0.05) is 50.7 Å². The zero-order valence-corrected chi connectivity index (χ0v) is 14.2. The van der Waals surface area contributed by atoms with Crippen molar-refractivity contribution < 1.29 is 4.79 Å². The zero-order chi connectivity index (χ0) is 15.2. The van der Waals surface area contributed by atoms with E-state index in [1.807, 2.05) is 11.3 Å². The van der Waals surface area contributed by atoms with Gasteiger partial charge in [0.25, 0.3) is 0 Å². The molecular formula is C17H27N3OS. The lowest BCUT2D eigenvalue weighted by molar-refractivity contribution is -0.132. The predicted molar refractivity (Wildman–Crippen MR) is 91.1 cm³/mol. The maximum absolute atomic E-state index is 12.4. The van der Waals surface area contributed by atoms with E-state index in [0.717, 1.165) is 45.8 Å². The van der Waals surface area contributed by atoms with Gasteiger partial charge < -0.3 is 4.90 Å². The van der Waals surface area contributed by atoms with Crippen LogP contribution in [0.5, 0.6) is 0 Å². The smallest absolute Gasteiger partial charge is 0.236 e. The van der Waals surface area contributed by atoms with Crippen LogP contribution in [0, 0.1) is 0 Å². The van der Waals surface area contributed by atoms with Gasteiger partial charge >= 0.3 is 0 Å². The zero-order valence-electron chi connectivity index (χ0n) is 13.4. The molecule has 3 heterocycles. The fourth-order valence-corrected chi connectivity index (χ4v) is 4.09. The lowest BCUT2D eigenvalue weighted by atomic mass is 10.2. The number of carbonyl (C=O) groups is 1. The summed E-state index contributed by atoms with van der Waals surface area (Å²) >= 11 is 1.83. The van der Waals surface area contributed by atoms with E-state index >= 15 is 0 Å². The molecule has 0 unspecified atom stereocenters. The maximum atomic E-state index is 12.4. The number of hydrogen-bond acceptors (Lipinski definition) is 4. The van der Waals surface area contributed by atoms with E-state index < -0.39 is 0 Å². The van der Waals surface area contributed by atoms with Gasteiger partial charge in [-0.1, -0.05) is 18.9 Å². The molecular weight excluding hydrogens is 294 g/mol. The second kappa shape index (κ2) is 8.09. The van der Waals surface area contributed by atoms with Gasteiger partial charge in [-0.2, -0.15) is 0 Å². The Morgan fingerprint density at radius 3 is 2.27 bits per heavy atom. The van der Waals surface area contributed by atoms with E-state index in [2.05, 4.69) is 32.2 Å². The summed E-state index contributed by atoms with van der Waals surface area (Å²) in [5.41, 5.74) is 0. The number of hydrogen-bond donors (Lipinski definition) is 0. The number of amides is 1. The minimum Gasteiger partial charge on any atom is -0.342 e. The average molecular weight is 321 g/mol. The van der Waals surface area contributed by atoms with Crippen molar-refractivity contribution in [3.63, 3.8) is 0 Å². The van der Waals surface area contributed by atoms with Crippen molar-refractivity contribution in [2.24, 2.45) is 0 Å². The summed E-state index contributed by atoms with van der Waals surface area (Å²) in [5.74, 6) is 0.341. The van der Waals surface area contributed by atoms with Crippen LogP contribution in [0.15, 0.2) is 17.5 Å². The first-order chi connectivity index (χ1) is 10.8.